The molecule has 19 heavy (non-hydrogen) atoms. The molecule has 0 radical (unpaired) electrons. The van der Waals surface area contributed by atoms with Gasteiger partial charge in [-0.3, -0.25) is 4.90 Å². The van der Waals surface area contributed by atoms with E-state index in [1.165, 1.54) is 0 Å². The van der Waals surface area contributed by atoms with Gasteiger partial charge in [-0.1, -0.05) is 0 Å². The molecule has 0 fully saturated rings. The van der Waals surface area contributed by atoms with Crippen molar-refractivity contribution >= 4 is 6.09 Å². The van der Waals surface area contributed by atoms with Crippen molar-refractivity contribution in [2.24, 2.45) is 0 Å². The van der Waals surface area contributed by atoms with Crippen LogP contribution in [0, 0.1) is 6.92 Å². The van der Waals surface area contributed by atoms with Crippen molar-refractivity contribution in [3.05, 3.63) is 17.7 Å². The fourth-order valence-corrected chi connectivity index (χ4v) is 2.45. The number of carbonyl (C=O) groups is 1. The van der Waals surface area contributed by atoms with Gasteiger partial charge in [0.1, 0.15) is 11.4 Å². The minimum atomic E-state index is -0.476. The second-order valence-electron chi connectivity index (χ2n) is 6.59. The van der Waals surface area contributed by atoms with Crippen molar-refractivity contribution in [2.45, 2.75) is 59.2 Å². The first-order valence-corrected chi connectivity index (χ1v) is 6.66. The van der Waals surface area contributed by atoms with E-state index < -0.39 is 11.1 Å². The molecule has 2 rings (SSSR count). The van der Waals surface area contributed by atoms with E-state index >= 15 is 0 Å². The normalized spacial score (nSPS) is 18.1. The lowest BCUT2D eigenvalue weighted by atomic mass is 10.00. The molecule has 0 saturated heterocycles. The van der Waals surface area contributed by atoms with Crippen LogP contribution >= 0.6 is 0 Å². The van der Waals surface area contributed by atoms with Crippen LogP contribution in [0.15, 0.2) is 6.20 Å². The third kappa shape index (κ3) is 2.60. The summed E-state index contributed by atoms with van der Waals surface area (Å²) in [6.07, 6.45) is 1.76. The molecule has 0 saturated carbocycles. The highest BCUT2D eigenvalue weighted by molar-refractivity contribution is 5.69. The summed E-state index contributed by atoms with van der Waals surface area (Å²) < 4.78 is 7.61. The van der Waals surface area contributed by atoms with Crippen LogP contribution in [0.2, 0.25) is 0 Å². The molecule has 0 bridgehead atoms. The number of nitrogens with zero attached hydrogens (tertiary/aromatic N) is 3. The summed E-state index contributed by atoms with van der Waals surface area (Å²) in [5.74, 6) is 0.919. The minimum absolute atomic E-state index is 0.274. The van der Waals surface area contributed by atoms with Crippen LogP contribution in [0.4, 0.5) is 4.79 Å². The Hall–Kier alpha value is -1.52. The second-order valence-corrected chi connectivity index (χ2v) is 6.59. The number of hydrogen-bond donors (Lipinski definition) is 0. The predicted molar refractivity (Wildman–Crippen MR) is 72.9 cm³/mol. The molecule has 1 aromatic heterocycles. The number of amides is 1. The zero-order valence-corrected chi connectivity index (χ0v) is 12.6. The number of fused-ring (bicyclic) bond motifs is 1. The van der Waals surface area contributed by atoms with Gasteiger partial charge in [-0.25, -0.2) is 9.78 Å². The average molecular weight is 265 g/mol. The van der Waals surface area contributed by atoms with Crippen molar-refractivity contribution < 1.29 is 9.53 Å². The topological polar surface area (TPSA) is 47.4 Å². The van der Waals surface area contributed by atoms with Gasteiger partial charge in [0, 0.05) is 19.3 Å². The van der Waals surface area contributed by atoms with Gasteiger partial charge in [0.15, 0.2) is 0 Å². The Morgan fingerprint density at radius 3 is 2.58 bits per heavy atom. The SMILES string of the molecule is Cc1cn2c(n1)C(C)(C)N(C(=O)OC(C)(C)C)CC2. The van der Waals surface area contributed by atoms with Crippen molar-refractivity contribution in [2.75, 3.05) is 6.54 Å². The van der Waals surface area contributed by atoms with Gasteiger partial charge in [0.25, 0.3) is 0 Å². The van der Waals surface area contributed by atoms with Gasteiger partial charge in [0.05, 0.1) is 11.2 Å². The van der Waals surface area contributed by atoms with Gasteiger partial charge in [0.2, 0.25) is 0 Å². The Balaban J connectivity index is 2.28. The van der Waals surface area contributed by atoms with Crippen LogP contribution in [0.25, 0.3) is 0 Å². The molecule has 1 aliphatic heterocycles. The van der Waals surface area contributed by atoms with E-state index in [1.807, 2.05) is 47.7 Å². The Bertz CT molecular complexity index is 497. The fraction of sp³-hybridized carbons (Fsp3) is 0.714. The molecule has 0 unspecified atom stereocenters. The number of aromatic nitrogens is 2. The first-order chi connectivity index (χ1) is 8.61. The molecule has 1 amide bonds. The first-order valence-electron chi connectivity index (χ1n) is 6.66. The van der Waals surface area contributed by atoms with Gasteiger partial charge >= 0.3 is 6.09 Å². The molecule has 0 spiro atoms. The monoisotopic (exact) mass is 265 g/mol. The van der Waals surface area contributed by atoms with E-state index in [0.29, 0.717) is 6.54 Å². The lowest BCUT2D eigenvalue weighted by Gasteiger charge is -2.42. The van der Waals surface area contributed by atoms with Crippen LogP contribution in [0.5, 0.6) is 0 Å². The van der Waals surface area contributed by atoms with Crippen LogP contribution < -0.4 is 0 Å². The van der Waals surface area contributed by atoms with Crippen molar-refractivity contribution in [3.8, 4) is 0 Å². The lowest BCUT2D eigenvalue weighted by molar-refractivity contribution is -0.00695. The Morgan fingerprint density at radius 2 is 2.00 bits per heavy atom. The number of rotatable bonds is 0. The maximum atomic E-state index is 12.3. The van der Waals surface area contributed by atoms with Crippen LogP contribution in [-0.2, 0) is 16.8 Å². The molecule has 0 aliphatic carbocycles. The summed E-state index contributed by atoms with van der Waals surface area (Å²) in [4.78, 5) is 18.6. The van der Waals surface area contributed by atoms with Gasteiger partial charge in [-0.05, 0) is 41.5 Å². The number of aryl methyl sites for hydroxylation is 1. The molecular weight excluding hydrogens is 242 g/mol. The van der Waals surface area contributed by atoms with Crippen molar-refractivity contribution in [1.29, 1.82) is 0 Å². The molecule has 2 heterocycles. The van der Waals surface area contributed by atoms with E-state index in [1.54, 1.807) is 4.90 Å². The third-order valence-corrected chi connectivity index (χ3v) is 3.30. The van der Waals surface area contributed by atoms with Gasteiger partial charge in [-0.2, -0.15) is 0 Å². The zero-order chi connectivity index (χ0) is 14.4. The summed E-state index contributed by atoms with van der Waals surface area (Å²) in [6.45, 7) is 13.0. The zero-order valence-electron chi connectivity index (χ0n) is 12.6. The highest BCUT2D eigenvalue weighted by atomic mass is 16.6. The molecule has 5 heteroatoms. The molecule has 1 aromatic rings. The summed E-state index contributed by atoms with van der Waals surface area (Å²) in [5, 5.41) is 0. The average Bonchev–Trinajstić information content (AvgIpc) is 2.57. The first kappa shape index (κ1) is 13.9. The van der Waals surface area contributed by atoms with Crippen molar-refractivity contribution in [3.63, 3.8) is 0 Å². The van der Waals surface area contributed by atoms with Crippen molar-refractivity contribution in [1.82, 2.24) is 14.5 Å². The molecule has 5 nitrogen and oxygen atoms in total. The predicted octanol–water partition coefficient (Wildman–Crippen LogP) is 2.68. The number of ether oxygens (including phenoxy) is 1. The number of hydrogen-bond acceptors (Lipinski definition) is 3. The van der Waals surface area contributed by atoms with E-state index in [4.69, 9.17) is 4.74 Å². The molecule has 0 atom stereocenters. The van der Waals surface area contributed by atoms with Gasteiger partial charge in [-0.15, -0.1) is 0 Å². The van der Waals surface area contributed by atoms with E-state index in [0.717, 1.165) is 18.1 Å². The smallest absolute Gasteiger partial charge is 0.411 e. The highest BCUT2D eigenvalue weighted by Gasteiger charge is 2.41. The van der Waals surface area contributed by atoms with Crippen LogP contribution in [0.1, 0.15) is 46.1 Å². The molecule has 0 aromatic carbocycles. The Kier molecular flexibility index (Phi) is 3.11. The summed E-state index contributed by atoms with van der Waals surface area (Å²) in [5.41, 5.74) is 0.0549. The summed E-state index contributed by atoms with van der Waals surface area (Å²) in [6, 6.07) is 0. The largest absolute Gasteiger partial charge is 0.444 e. The summed E-state index contributed by atoms with van der Waals surface area (Å²) >= 11 is 0. The Labute approximate surface area is 114 Å². The number of imidazole rings is 1. The lowest BCUT2D eigenvalue weighted by Crippen LogP contribution is -2.53. The quantitative estimate of drug-likeness (QED) is 0.724. The Morgan fingerprint density at radius 1 is 1.37 bits per heavy atom. The van der Waals surface area contributed by atoms with Crippen LogP contribution in [-0.4, -0.2) is 32.7 Å². The number of carbonyl (C=O) groups excluding carboxylic acids is 1. The van der Waals surface area contributed by atoms with E-state index in [-0.39, 0.29) is 6.09 Å². The summed E-state index contributed by atoms with van der Waals surface area (Å²) in [7, 11) is 0. The van der Waals surface area contributed by atoms with E-state index in [9.17, 15) is 4.79 Å². The fourth-order valence-electron chi connectivity index (χ4n) is 2.45. The second kappa shape index (κ2) is 4.25. The molecular formula is C14H23N3O2. The maximum absolute atomic E-state index is 12.3. The van der Waals surface area contributed by atoms with Crippen LogP contribution in [0.3, 0.4) is 0 Å². The molecule has 1 aliphatic rings. The highest BCUT2D eigenvalue weighted by Crippen LogP contribution is 2.32. The third-order valence-electron chi connectivity index (χ3n) is 3.30. The molecule has 0 N–H and O–H groups in total. The van der Waals surface area contributed by atoms with Gasteiger partial charge < -0.3 is 9.30 Å². The van der Waals surface area contributed by atoms with E-state index in [2.05, 4.69) is 9.55 Å². The standard InChI is InChI=1S/C14H23N3O2/c1-10-9-16-7-8-17(12(18)19-13(2,3)4)14(5,6)11(16)15-10/h9H,7-8H2,1-6H3. The molecule has 106 valence electrons. The minimum Gasteiger partial charge on any atom is -0.444 e. The maximum Gasteiger partial charge on any atom is 0.411 e.